The number of nitrogens with zero attached hydrogens (tertiary/aromatic N) is 3. The Morgan fingerprint density at radius 1 is 1.11 bits per heavy atom. The SMILES string of the molecule is Cc1noc(C)c1Cn1cnc2scc(-c3ccc4ccccc4c3)c2c1=O. The number of hydrogen-bond donors (Lipinski definition) is 0. The highest BCUT2D eigenvalue weighted by Gasteiger charge is 2.16. The summed E-state index contributed by atoms with van der Waals surface area (Å²) in [5.41, 5.74) is 3.63. The van der Waals surface area contributed by atoms with Crippen molar-refractivity contribution in [3.63, 3.8) is 0 Å². The first kappa shape index (κ1) is 16.9. The monoisotopic (exact) mass is 387 g/mol. The van der Waals surface area contributed by atoms with Crippen LogP contribution in [-0.4, -0.2) is 14.7 Å². The molecule has 0 atom stereocenters. The summed E-state index contributed by atoms with van der Waals surface area (Å²) < 4.78 is 6.86. The first-order chi connectivity index (χ1) is 13.6. The molecule has 0 amide bonds. The highest BCUT2D eigenvalue weighted by molar-refractivity contribution is 7.17. The van der Waals surface area contributed by atoms with E-state index in [0.29, 0.717) is 11.9 Å². The third-order valence-electron chi connectivity index (χ3n) is 5.13. The van der Waals surface area contributed by atoms with Crippen LogP contribution in [0.4, 0.5) is 0 Å². The predicted octanol–water partition coefficient (Wildman–Crippen LogP) is 4.93. The summed E-state index contributed by atoms with van der Waals surface area (Å²) in [5.74, 6) is 0.726. The third-order valence-corrected chi connectivity index (χ3v) is 6.02. The number of thiophene rings is 1. The molecular weight excluding hydrogens is 370 g/mol. The molecule has 0 fully saturated rings. The van der Waals surface area contributed by atoms with E-state index in [2.05, 4.69) is 40.5 Å². The van der Waals surface area contributed by atoms with Gasteiger partial charge < -0.3 is 4.52 Å². The van der Waals surface area contributed by atoms with Gasteiger partial charge >= 0.3 is 0 Å². The average molecular weight is 387 g/mol. The molecule has 6 heteroatoms. The summed E-state index contributed by atoms with van der Waals surface area (Å²) in [5, 5.41) is 8.99. The quantitative estimate of drug-likeness (QED) is 0.440. The van der Waals surface area contributed by atoms with E-state index in [1.165, 1.54) is 16.7 Å². The highest BCUT2D eigenvalue weighted by Crippen LogP contribution is 2.32. The van der Waals surface area contributed by atoms with Crippen LogP contribution >= 0.6 is 11.3 Å². The topological polar surface area (TPSA) is 60.9 Å². The zero-order chi connectivity index (χ0) is 19.3. The fraction of sp³-hybridized carbons (Fsp3) is 0.136. The van der Waals surface area contributed by atoms with Crippen LogP contribution in [-0.2, 0) is 6.54 Å². The van der Waals surface area contributed by atoms with Crippen LogP contribution in [0.25, 0.3) is 32.1 Å². The summed E-state index contributed by atoms with van der Waals surface area (Å²) in [7, 11) is 0. The molecule has 3 heterocycles. The van der Waals surface area contributed by atoms with Gasteiger partial charge in [0.25, 0.3) is 5.56 Å². The van der Waals surface area contributed by atoms with Crippen molar-refractivity contribution in [3.05, 3.63) is 81.5 Å². The number of rotatable bonds is 3. The molecular formula is C22H17N3O2S. The van der Waals surface area contributed by atoms with Crippen molar-refractivity contribution >= 4 is 32.3 Å². The molecule has 28 heavy (non-hydrogen) atoms. The summed E-state index contributed by atoms with van der Waals surface area (Å²) >= 11 is 1.50. The van der Waals surface area contributed by atoms with Gasteiger partial charge in [0.1, 0.15) is 10.6 Å². The van der Waals surface area contributed by atoms with Crippen LogP contribution in [0.5, 0.6) is 0 Å². The van der Waals surface area contributed by atoms with Gasteiger partial charge in [-0.1, -0.05) is 41.6 Å². The van der Waals surface area contributed by atoms with E-state index in [1.54, 1.807) is 10.9 Å². The zero-order valence-corrected chi connectivity index (χ0v) is 16.3. The molecule has 0 radical (unpaired) electrons. The molecule has 5 aromatic rings. The summed E-state index contributed by atoms with van der Waals surface area (Å²) in [4.78, 5) is 18.5. The molecule has 0 aliphatic carbocycles. The minimum absolute atomic E-state index is 0.0468. The Hall–Kier alpha value is -3.25. The summed E-state index contributed by atoms with van der Waals surface area (Å²) in [6.07, 6.45) is 1.61. The minimum atomic E-state index is -0.0468. The van der Waals surface area contributed by atoms with Gasteiger partial charge in [0, 0.05) is 16.5 Å². The first-order valence-electron chi connectivity index (χ1n) is 8.99. The standard InChI is InChI=1S/C22H17N3O2S/c1-13-18(14(2)27-24-13)10-25-12-23-21-20(22(25)26)19(11-28-21)17-8-7-15-5-3-4-6-16(15)9-17/h3-9,11-12H,10H2,1-2H3. The fourth-order valence-electron chi connectivity index (χ4n) is 3.55. The van der Waals surface area contributed by atoms with Crippen LogP contribution in [0, 0.1) is 13.8 Å². The van der Waals surface area contributed by atoms with Crippen LogP contribution in [0.15, 0.2) is 63.5 Å². The zero-order valence-electron chi connectivity index (χ0n) is 15.5. The molecule has 0 saturated carbocycles. The molecule has 5 rings (SSSR count). The minimum Gasteiger partial charge on any atom is -0.361 e. The van der Waals surface area contributed by atoms with E-state index >= 15 is 0 Å². The first-order valence-corrected chi connectivity index (χ1v) is 9.87. The Kier molecular flexibility index (Phi) is 3.87. The number of aryl methyl sites for hydroxylation is 2. The Morgan fingerprint density at radius 2 is 1.93 bits per heavy atom. The Bertz CT molecular complexity index is 1370. The second-order valence-electron chi connectivity index (χ2n) is 6.87. The Balaban J connectivity index is 1.67. The maximum absolute atomic E-state index is 13.3. The van der Waals surface area contributed by atoms with Crippen molar-refractivity contribution in [2.75, 3.05) is 0 Å². The van der Waals surface area contributed by atoms with Gasteiger partial charge in [-0.25, -0.2) is 4.98 Å². The van der Waals surface area contributed by atoms with E-state index in [0.717, 1.165) is 38.4 Å². The molecule has 0 aliphatic rings. The molecule has 3 aromatic heterocycles. The maximum Gasteiger partial charge on any atom is 0.263 e. The van der Waals surface area contributed by atoms with E-state index < -0.39 is 0 Å². The van der Waals surface area contributed by atoms with Crippen molar-refractivity contribution in [3.8, 4) is 11.1 Å². The molecule has 0 spiro atoms. The van der Waals surface area contributed by atoms with Crippen molar-refractivity contribution in [2.24, 2.45) is 0 Å². The van der Waals surface area contributed by atoms with Gasteiger partial charge in [-0.3, -0.25) is 9.36 Å². The number of benzene rings is 2. The molecule has 0 saturated heterocycles. The van der Waals surface area contributed by atoms with E-state index in [9.17, 15) is 4.79 Å². The molecule has 5 nitrogen and oxygen atoms in total. The lowest BCUT2D eigenvalue weighted by Crippen LogP contribution is -2.21. The van der Waals surface area contributed by atoms with Gasteiger partial charge in [0.15, 0.2) is 0 Å². The molecule has 0 unspecified atom stereocenters. The van der Waals surface area contributed by atoms with Gasteiger partial charge in [-0.2, -0.15) is 0 Å². The Morgan fingerprint density at radius 3 is 2.71 bits per heavy atom. The van der Waals surface area contributed by atoms with Gasteiger partial charge in [-0.15, -0.1) is 11.3 Å². The second kappa shape index (κ2) is 6.42. The third kappa shape index (κ3) is 2.65. The second-order valence-corrected chi connectivity index (χ2v) is 7.73. The normalized spacial score (nSPS) is 11.5. The van der Waals surface area contributed by atoms with E-state index in [1.807, 2.05) is 31.4 Å². The summed E-state index contributed by atoms with van der Waals surface area (Å²) in [6, 6.07) is 14.5. The van der Waals surface area contributed by atoms with Crippen molar-refractivity contribution in [1.82, 2.24) is 14.7 Å². The largest absolute Gasteiger partial charge is 0.361 e. The molecule has 2 aromatic carbocycles. The van der Waals surface area contributed by atoms with Crippen LogP contribution in [0.1, 0.15) is 17.0 Å². The smallest absolute Gasteiger partial charge is 0.263 e. The van der Waals surface area contributed by atoms with Gasteiger partial charge in [0.2, 0.25) is 0 Å². The Labute approximate surface area is 164 Å². The van der Waals surface area contributed by atoms with E-state index in [4.69, 9.17) is 4.52 Å². The van der Waals surface area contributed by atoms with Gasteiger partial charge in [0.05, 0.1) is 24.0 Å². The van der Waals surface area contributed by atoms with Crippen molar-refractivity contribution in [1.29, 1.82) is 0 Å². The van der Waals surface area contributed by atoms with Crippen LogP contribution in [0.3, 0.4) is 0 Å². The molecule has 138 valence electrons. The number of hydrogen-bond acceptors (Lipinski definition) is 5. The maximum atomic E-state index is 13.3. The number of aromatic nitrogens is 3. The average Bonchev–Trinajstić information content (AvgIpc) is 3.28. The van der Waals surface area contributed by atoms with E-state index in [-0.39, 0.29) is 5.56 Å². The molecule has 0 N–H and O–H groups in total. The number of fused-ring (bicyclic) bond motifs is 2. The predicted molar refractivity (Wildman–Crippen MR) is 112 cm³/mol. The van der Waals surface area contributed by atoms with Crippen molar-refractivity contribution < 1.29 is 4.52 Å². The highest BCUT2D eigenvalue weighted by atomic mass is 32.1. The lowest BCUT2D eigenvalue weighted by molar-refractivity contribution is 0.392. The fourth-order valence-corrected chi connectivity index (χ4v) is 4.45. The van der Waals surface area contributed by atoms with Gasteiger partial charge in [-0.05, 0) is 36.2 Å². The lowest BCUT2D eigenvalue weighted by Gasteiger charge is -2.07. The lowest BCUT2D eigenvalue weighted by atomic mass is 10.0. The molecule has 0 aliphatic heterocycles. The van der Waals surface area contributed by atoms with Crippen molar-refractivity contribution in [2.45, 2.75) is 20.4 Å². The van der Waals surface area contributed by atoms with Crippen LogP contribution < -0.4 is 5.56 Å². The summed E-state index contributed by atoms with van der Waals surface area (Å²) in [6.45, 7) is 4.14. The molecule has 0 bridgehead atoms. The van der Waals surface area contributed by atoms with Crippen LogP contribution in [0.2, 0.25) is 0 Å².